The maximum Gasteiger partial charge on any atom is 0.407 e. The third kappa shape index (κ3) is 20.2. The zero-order valence-electron chi connectivity index (χ0n) is 22.7. The Morgan fingerprint density at radius 3 is 1.47 bits per heavy atom. The van der Waals surface area contributed by atoms with Crippen molar-refractivity contribution in [3.8, 4) is 0 Å². The molecule has 1 amide bonds. The van der Waals surface area contributed by atoms with Gasteiger partial charge in [-0.15, -0.1) is 0 Å². The van der Waals surface area contributed by atoms with Crippen LogP contribution in [0.1, 0.15) is 20.8 Å². The van der Waals surface area contributed by atoms with Gasteiger partial charge in [0.2, 0.25) is 0 Å². The number of alkyl carbamates (subject to hydrolysis) is 1. The fourth-order valence-corrected chi connectivity index (χ4v) is 3.51. The molecule has 0 fully saturated rings. The zero-order valence-corrected chi connectivity index (χ0v) is 23.5. The van der Waals surface area contributed by atoms with Crippen molar-refractivity contribution in [1.82, 2.24) is 5.32 Å². The molecule has 38 heavy (non-hydrogen) atoms. The summed E-state index contributed by atoms with van der Waals surface area (Å²) in [7, 11) is -3.76. The molecule has 0 aliphatic heterocycles. The fraction of sp³-hybridized carbons (Fsp3) is 0.720. The molecule has 13 heteroatoms. The molecule has 0 saturated heterocycles. The van der Waals surface area contributed by atoms with E-state index in [1.165, 1.54) is 12.1 Å². The summed E-state index contributed by atoms with van der Waals surface area (Å²) in [5, 5.41) is 2.61. The van der Waals surface area contributed by atoms with Crippen molar-refractivity contribution in [3.63, 3.8) is 0 Å². The summed E-state index contributed by atoms with van der Waals surface area (Å²) in [5.41, 5.74) is -0.518. The molecule has 1 aromatic rings. The Morgan fingerprint density at radius 1 is 0.658 bits per heavy atom. The molecule has 12 nitrogen and oxygen atoms in total. The molecular formula is C25H43NO11S. The van der Waals surface area contributed by atoms with E-state index >= 15 is 0 Å². The number of hydrogen-bond donors (Lipinski definition) is 1. The molecule has 1 N–H and O–H groups in total. The monoisotopic (exact) mass is 565 g/mol. The van der Waals surface area contributed by atoms with Crippen molar-refractivity contribution >= 4 is 16.2 Å². The quantitative estimate of drug-likeness (QED) is 0.154. The van der Waals surface area contributed by atoms with E-state index in [2.05, 4.69) is 5.32 Å². The van der Waals surface area contributed by atoms with Crippen LogP contribution in [0.5, 0.6) is 0 Å². The minimum atomic E-state index is -3.76. The SMILES string of the molecule is CC(C)(C)OC(=O)NCCOCCOCCOCCOCCOCCOCCOS(=O)(=O)c1ccccc1. The van der Waals surface area contributed by atoms with Crippen LogP contribution in [0.4, 0.5) is 4.79 Å². The first-order valence-electron chi connectivity index (χ1n) is 12.6. The van der Waals surface area contributed by atoms with Crippen LogP contribution in [0.25, 0.3) is 0 Å². The van der Waals surface area contributed by atoms with E-state index in [-0.39, 0.29) is 18.1 Å². The average Bonchev–Trinajstić information content (AvgIpc) is 2.86. The van der Waals surface area contributed by atoms with E-state index in [4.69, 9.17) is 37.3 Å². The average molecular weight is 566 g/mol. The zero-order chi connectivity index (χ0) is 28.0. The maximum absolute atomic E-state index is 11.9. The number of ether oxygens (including phenoxy) is 7. The van der Waals surface area contributed by atoms with Gasteiger partial charge in [-0.3, -0.25) is 4.18 Å². The summed E-state index contributed by atoms with van der Waals surface area (Å²) < 4.78 is 66.1. The van der Waals surface area contributed by atoms with Gasteiger partial charge in [0.05, 0.1) is 90.8 Å². The highest BCUT2D eigenvalue weighted by atomic mass is 32.2. The molecule has 0 aliphatic rings. The smallest absolute Gasteiger partial charge is 0.407 e. The molecule has 0 spiro atoms. The number of hydrogen-bond acceptors (Lipinski definition) is 11. The third-order valence-electron chi connectivity index (χ3n) is 4.27. The Balaban J connectivity index is 1.75. The van der Waals surface area contributed by atoms with Crippen LogP contribution >= 0.6 is 0 Å². The van der Waals surface area contributed by atoms with Crippen LogP contribution < -0.4 is 5.32 Å². The molecule has 0 heterocycles. The van der Waals surface area contributed by atoms with E-state index in [0.29, 0.717) is 79.2 Å². The predicted octanol–water partition coefficient (Wildman–Crippen LogP) is 2.02. The molecule has 0 radical (unpaired) electrons. The minimum Gasteiger partial charge on any atom is -0.444 e. The van der Waals surface area contributed by atoms with Gasteiger partial charge in [0.15, 0.2) is 0 Å². The lowest BCUT2D eigenvalue weighted by Crippen LogP contribution is -2.34. The van der Waals surface area contributed by atoms with Crippen LogP contribution in [0.3, 0.4) is 0 Å². The predicted molar refractivity (Wildman–Crippen MR) is 139 cm³/mol. The summed E-state index contributed by atoms with van der Waals surface area (Å²) in [4.78, 5) is 11.6. The van der Waals surface area contributed by atoms with E-state index in [1.807, 2.05) is 0 Å². The van der Waals surface area contributed by atoms with E-state index in [0.717, 1.165) is 0 Å². The first-order chi connectivity index (χ1) is 18.2. The van der Waals surface area contributed by atoms with E-state index < -0.39 is 21.8 Å². The second-order valence-electron chi connectivity index (χ2n) is 8.69. The number of rotatable bonds is 23. The van der Waals surface area contributed by atoms with Crippen molar-refractivity contribution in [1.29, 1.82) is 0 Å². The molecule has 0 unspecified atom stereocenters. The molecule has 0 atom stereocenters. The fourth-order valence-electron chi connectivity index (χ4n) is 2.60. The first kappa shape index (κ1) is 34.2. The molecule has 0 aliphatic carbocycles. The van der Waals surface area contributed by atoms with Crippen molar-refractivity contribution in [3.05, 3.63) is 30.3 Å². The lowest BCUT2D eigenvalue weighted by atomic mass is 10.2. The molecule has 1 rings (SSSR count). The highest BCUT2D eigenvalue weighted by Gasteiger charge is 2.15. The Hall–Kier alpha value is -1.84. The Morgan fingerprint density at radius 2 is 1.05 bits per heavy atom. The van der Waals surface area contributed by atoms with E-state index in [1.54, 1.807) is 39.0 Å². The Kier molecular flexibility index (Phi) is 18.9. The minimum absolute atomic E-state index is 0.0613. The normalized spacial score (nSPS) is 12.0. The second kappa shape index (κ2) is 21.0. The highest BCUT2D eigenvalue weighted by Crippen LogP contribution is 2.10. The van der Waals surface area contributed by atoms with Crippen LogP contribution in [-0.2, 0) is 47.5 Å². The number of nitrogens with one attached hydrogen (secondary N) is 1. The summed E-state index contributed by atoms with van der Waals surface area (Å²) in [5.74, 6) is 0. The lowest BCUT2D eigenvalue weighted by Gasteiger charge is -2.19. The van der Waals surface area contributed by atoms with Crippen LogP contribution in [0, 0.1) is 0 Å². The van der Waals surface area contributed by atoms with Crippen LogP contribution in [0.2, 0.25) is 0 Å². The van der Waals surface area contributed by atoms with Crippen LogP contribution in [0.15, 0.2) is 35.2 Å². The van der Waals surface area contributed by atoms with Gasteiger partial charge in [-0.1, -0.05) is 18.2 Å². The molecule has 0 saturated carbocycles. The summed E-state index contributed by atoms with van der Waals surface area (Å²) in [6, 6.07) is 7.96. The van der Waals surface area contributed by atoms with Gasteiger partial charge in [-0.2, -0.15) is 8.42 Å². The molecule has 0 aromatic heterocycles. The van der Waals surface area contributed by atoms with Gasteiger partial charge in [0, 0.05) is 6.54 Å². The van der Waals surface area contributed by atoms with Gasteiger partial charge < -0.3 is 38.5 Å². The molecule has 220 valence electrons. The van der Waals surface area contributed by atoms with Gasteiger partial charge in [0.1, 0.15) is 5.60 Å². The Bertz CT molecular complexity index is 816. The maximum atomic E-state index is 11.9. The number of benzene rings is 1. The van der Waals surface area contributed by atoms with Crippen molar-refractivity contribution in [2.75, 3.05) is 92.4 Å². The first-order valence-corrected chi connectivity index (χ1v) is 14.0. The molecule has 0 bridgehead atoms. The van der Waals surface area contributed by atoms with Crippen molar-refractivity contribution < 1.29 is 50.6 Å². The van der Waals surface area contributed by atoms with Gasteiger partial charge in [-0.25, -0.2) is 4.79 Å². The Labute approximate surface area is 226 Å². The number of carbonyl (C=O) groups is 1. The topological polar surface area (TPSA) is 137 Å². The van der Waals surface area contributed by atoms with E-state index in [9.17, 15) is 13.2 Å². The largest absolute Gasteiger partial charge is 0.444 e. The lowest BCUT2D eigenvalue weighted by molar-refractivity contribution is -0.0176. The van der Waals surface area contributed by atoms with Crippen molar-refractivity contribution in [2.24, 2.45) is 0 Å². The number of carbonyl (C=O) groups excluding carboxylic acids is 1. The van der Waals surface area contributed by atoms with Gasteiger partial charge >= 0.3 is 6.09 Å². The van der Waals surface area contributed by atoms with Crippen molar-refractivity contribution in [2.45, 2.75) is 31.3 Å². The second-order valence-corrected chi connectivity index (χ2v) is 10.3. The van der Waals surface area contributed by atoms with Gasteiger partial charge in [-0.05, 0) is 32.9 Å². The number of amides is 1. The molecular weight excluding hydrogens is 522 g/mol. The van der Waals surface area contributed by atoms with Crippen LogP contribution in [-0.4, -0.2) is 113 Å². The summed E-state index contributed by atoms with van der Waals surface area (Å²) >= 11 is 0. The summed E-state index contributed by atoms with van der Waals surface area (Å²) in [6.07, 6.45) is -0.463. The standard InChI is InChI=1S/C25H43NO11S/c1-25(2,3)37-24(27)26-9-10-30-11-12-31-13-14-32-15-16-33-17-18-34-19-20-35-21-22-36-38(28,29)23-7-5-4-6-8-23/h4-8H,9-22H2,1-3H3,(H,26,27). The van der Waals surface area contributed by atoms with Gasteiger partial charge in [0.25, 0.3) is 10.1 Å². The third-order valence-corrected chi connectivity index (χ3v) is 5.60. The summed E-state index contributed by atoms with van der Waals surface area (Å²) in [6.45, 7) is 10.4. The highest BCUT2D eigenvalue weighted by molar-refractivity contribution is 7.86. The molecule has 1 aromatic carbocycles.